The number of guanidine groups is 3. The second-order valence-electron chi connectivity index (χ2n) is 32.2. The predicted molar refractivity (Wildman–Crippen MR) is 477 cm³/mol. The largest absolute Gasteiger partial charge is 0.480 e. The molecule has 0 unspecified atom stereocenters. The molecule has 0 spiro atoms. The number of hydrogen-bond acceptors (Lipinski definition) is 26. The van der Waals surface area contributed by atoms with E-state index >= 15 is 9.59 Å². The van der Waals surface area contributed by atoms with Crippen LogP contribution in [-0.2, 0) is 89.6 Å². The van der Waals surface area contributed by atoms with E-state index in [0.29, 0.717) is 23.6 Å². The summed E-state index contributed by atoms with van der Waals surface area (Å²) in [6, 6.07) is -20.6. The first-order chi connectivity index (χ1) is 60.0. The maximum Gasteiger partial charge on any atom is 0.327 e. The number of carboxylic acid groups (broad SMARTS) is 1. The zero-order chi connectivity index (χ0) is 94.9. The van der Waals surface area contributed by atoms with Crippen molar-refractivity contribution >= 4 is 149 Å². The summed E-state index contributed by atoms with van der Waals surface area (Å²) in [6.45, 7) is 12.3. The lowest BCUT2D eigenvalue weighted by Gasteiger charge is -2.32. The molecule has 2 aromatic heterocycles. The summed E-state index contributed by atoms with van der Waals surface area (Å²) in [5.41, 5.74) is 39.5. The Hall–Kier alpha value is -11.3. The number of imidazole rings is 2. The Morgan fingerprint density at radius 2 is 0.874 bits per heavy atom. The first-order valence-electron chi connectivity index (χ1n) is 42.0. The topological polar surface area (TPSA) is 753 Å². The summed E-state index contributed by atoms with van der Waals surface area (Å²) in [7, 11) is 0. The van der Waals surface area contributed by atoms with E-state index in [1.807, 2.05) is 0 Å². The Morgan fingerprint density at radius 1 is 0.480 bits per heavy atom. The Kier molecular flexibility index (Phi) is 47.1. The number of carboxylic acids is 1. The molecule has 4 rings (SSSR count). The summed E-state index contributed by atoms with van der Waals surface area (Å²) in [4.78, 5) is 254. The molecule has 2 saturated heterocycles. The zero-order valence-corrected chi connectivity index (χ0v) is 75.8. The Morgan fingerprint density at radius 3 is 1.32 bits per heavy atom. The monoisotopic (exact) mass is 1850 g/mol. The van der Waals surface area contributed by atoms with Crippen LogP contribution in [0.15, 0.2) is 40.0 Å². The molecule has 2 aromatic rings. The third kappa shape index (κ3) is 37.7. The van der Waals surface area contributed by atoms with Crippen molar-refractivity contribution in [3.05, 3.63) is 36.4 Å². The van der Waals surface area contributed by atoms with Gasteiger partial charge in [0, 0.05) is 80.9 Å². The van der Waals surface area contributed by atoms with Gasteiger partial charge in [-0.1, -0.05) is 41.5 Å². The number of aliphatic hydroxyl groups excluding tert-OH is 1. The number of nitrogens with two attached hydrogens (primary N) is 7. The number of thiol groups is 2. The molecule has 2 aliphatic rings. The molecule has 16 atom stereocenters. The lowest BCUT2D eigenvalue weighted by Crippen LogP contribution is -2.62. The standard InChI is InChI=1S/C77H131N29O18S3/c1-38(2)27-50(66(115)96-49(20-26-127-9)64(113)95-48(17-12-23-89-77(83)84)63(112)102-54(35-126)74(123)124)98-60(109)41(7)93-62(111)47(16-11-22-88-76(81)82)97-68(117)55-18-13-24-105(55)72(121)52(28-39(3)4)100-67(116)51(29-43-31-85-36-91-43)99-69(118)56-19-14-25-106(56)73(122)53(30-44-32-86-37-92-44)101-71(120)59(42(8)107)104-70(119)58(40(5)6)103-65(114)46(15-10-21-87-75(79)80)94-57(108)33-90-61(110)45(78)34-125/h31-32,36-42,45-56,58-59,107,125-126H,10-30,33-35,78H2,1-9H3,(H,85,91)(H,86,92)(H,90,110)(H,93,111)(H,94,108)(H,95,113)(H,96,115)(H,97,117)(H,98,109)(H,99,118)(H,100,116)(H,101,120)(H,102,112)(H,103,114)(H,104,119)(H,123,124)(H4,79,80,87)(H4,81,82,88)(H4,83,84,89)/t41-,42+,45-,46-,47-,48-,49-,50-,51-,52-,53-,54-,55-,56-,58-,59-/m0/s1. The molecular formula is C77H131N29O18S3. The molecule has 2 fully saturated rings. The number of aromatic amines is 2. The number of nitrogens with zero attached hydrogens (tertiary/aromatic N) is 7. The average molecular weight is 1850 g/mol. The average Bonchev–Trinajstić information content (AvgIpc) is 1.79. The van der Waals surface area contributed by atoms with Gasteiger partial charge in [0.25, 0.3) is 0 Å². The summed E-state index contributed by atoms with van der Waals surface area (Å²) < 4.78 is 0. The number of nitrogens with one attached hydrogen (secondary N) is 15. The molecule has 4 heterocycles. The fraction of sp³-hybridized carbons (Fsp3) is 0.675. The van der Waals surface area contributed by atoms with E-state index in [1.54, 1.807) is 47.8 Å². The Bertz CT molecular complexity index is 4070. The molecule has 0 aliphatic carbocycles. The lowest BCUT2D eigenvalue weighted by atomic mass is 10.0. The van der Waals surface area contributed by atoms with Gasteiger partial charge in [-0.25, -0.2) is 14.8 Å². The number of carbonyl (C=O) groups is 16. The van der Waals surface area contributed by atoms with Crippen LogP contribution in [0.1, 0.15) is 150 Å². The van der Waals surface area contributed by atoms with Crippen LogP contribution in [0, 0.1) is 17.8 Å². The number of aromatic nitrogens is 4. The van der Waals surface area contributed by atoms with Gasteiger partial charge in [-0.3, -0.25) is 86.9 Å². The Balaban J connectivity index is 1.57. The number of amides is 15. The number of aliphatic imine (C=N–C) groups is 3. The van der Waals surface area contributed by atoms with E-state index in [9.17, 15) is 77.3 Å². The molecule has 47 nitrogen and oxygen atoms in total. The minimum atomic E-state index is -1.80. The summed E-state index contributed by atoms with van der Waals surface area (Å²) in [6.07, 6.45) is 6.02. The second-order valence-corrected chi connectivity index (χ2v) is 33.9. The van der Waals surface area contributed by atoms with Gasteiger partial charge in [0.05, 0.1) is 31.3 Å². The second kappa shape index (κ2) is 55.3. The van der Waals surface area contributed by atoms with Crippen LogP contribution in [0.4, 0.5) is 0 Å². The SMILES string of the molecule is CSCC[C@H](NC(=O)[C@H](CC(C)C)NC(=O)[C@H](C)NC(=O)[C@H](CCCN=C(N)N)NC(=O)[C@@H]1CCCN1C(=O)[C@H](CC(C)C)NC(=O)[C@H](Cc1cnc[nH]1)NC(=O)[C@@H]1CCCN1C(=O)[C@H](Cc1cnc[nH]1)NC(=O)[C@@H](NC(=O)[C@@H](NC(=O)[C@H](CCCN=C(N)N)NC(=O)CNC(=O)[C@@H](N)CS)C(C)C)[C@@H](C)O)C(=O)N[C@@H](CCCN=C(N)N)C(=O)N[C@@H](CS)C(=O)O. The maximum atomic E-state index is 15.1. The van der Waals surface area contributed by atoms with Gasteiger partial charge in [-0.2, -0.15) is 37.0 Å². The number of likely N-dealkylation sites (tertiary alicyclic amines) is 2. The van der Waals surface area contributed by atoms with Crippen LogP contribution in [0.3, 0.4) is 0 Å². The van der Waals surface area contributed by atoms with E-state index in [2.05, 4.69) is 129 Å². The van der Waals surface area contributed by atoms with Crippen molar-refractivity contribution in [3.63, 3.8) is 0 Å². The molecule has 0 aromatic carbocycles. The van der Waals surface area contributed by atoms with Gasteiger partial charge in [0.1, 0.15) is 84.6 Å². The first kappa shape index (κ1) is 108. The number of thioether (sulfide) groups is 1. The van der Waals surface area contributed by atoms with Gasteiger partial charge < -0.3 is 139 Å². The third-order valence-electron chi connectivity index (χ3n) is 20.4. The highest BCUT2D eigenvalue weighted by Crippen LogP contribution is 2.24. The van der Waals surface area contributed by atoms with Crippen molar-refractivity contribution in [3.8, 4) is 0 Å². The lowest BCUT2D eigenvalue weighted by molar-refractivity contribution is -0.144. The molecule has 127 heavy (non-hydrogen) atoms. The van der Waals surface area contributed by atoms with Crippen LogP contribution < -0.4 is 109 Å². The highest BCUT2D eigenvalue weighted by molar-refractivity contribution is 7.98. The maximum absolute atomic E-state index is 15.1. The van der Waals surface area contributed by atoms with Crippen LogP contribution in [-0.4, -0.2) is 312 Å². The molecule has 15 amide bonds. The minimum Gasteiger partial charge on any atom is -0.480 e. The molecular weight excluding hydrogens is 1720 g/mol. The van der Waals surface area contributed by atoms with Gasteiger partial charge in [0.15, 0.2) is 17.9 Å². The predicted octanol–water partition coefficient (Wildman–Crippen LogP) is -7.83. The summed E-state index contributed by atoms with van der Waals surface area (Å²) in [5, 5.41) is 54.7. The van der Waals surface area contributed by atoms with Gasteiger partial charge in [-0.05, 0) is 127 Å². The van der Waals surface area contributed by atoms with E-state index in [-0.39, 0.29) is 164 Å². The molecule has 0 bridgehead atoms. The normalized spacial score (nSPS) is 16.9. The van der Waals surface area contributed by atoms with Crippen molar-refractivity contribution in [2.24, 2.45) is 72.9 Å². The van der Waals surface area contributed by atoms with Crippen molar-refractivity contribution < 1.29 is 86.9 Å². The molecule has 710 valence electrons. The number of rotatable bonds is 56. The molecule has 0 radical (unpaired) electrons. The summed E-state index contributed by atoms with van der Waals surface area (Å²) in [5.74, 6) is -15.8. The molecule has 0 saturated carbocycles. The number of aliphatic hydroxyl groups is 1. The van der Waals surface area contributed by atoms with Crippen LogP contribution >= 0.6 is 37.0 Å². The van der Waals surface area contributed by atoms with Crippen LogP contribution in [0.5, 0.6) is 0 Å². The van der Waals surface area contributed by atoms with E-state index < -0.39 is 204 Å². The van der Waals surface area contributed by atoms with Crippen molar-refractivity contribution in [2.45, 2.75) is 248 Å². The number of carbonyl (C=O) groups excluding carboxylic acids is 15. The third-order valence-corrected chi connectivity index (χ3v) is 21.8. The van der Waals surface area contributed by atoms with E-state index in [4.69, 9.17) is 40.1 Å². The number of hydrogen-bond donors (Lipinski definition) is 26. The van der Waals surface area contributed by atoms with Crippen molar-refractivity contribution in [2.75, 3.05) is 62.8 Å². The van der Waals surface area contributed by atoms with Crippen molar-refractivity contribution in [1.29, 1.82) is 0 Å². The van der Waals surface area contributed by atoms with Crippen LogP contribution in [0.25, 0.3) is 0 Å². The number of H-pyrrole nitrogens is 2. The van der Waals surface area contributed by atoms with E-state index in [0.717, 1.165) is 0 Å². The molecule has 31 N–H and O–H groups in total. The van der Waals surface area contributed by atoms with Gasteiger partial charge >= 0.3 is 5.97 Å². The highest BCUT2D eigenvalue weighted by Gasteiger charge is 2.44. The van der Waals surface area contributed by atoms with E-state index in [1.165, 1.54) is 60.5 Å². The van der Waals surface area contributed by atoms with Gasteiger partial charge in [0.2, 0.25) is 88.6 Å². The highest BCUT2D eigenvalue weighted by atomic mass is 32.2. The fourth-order valence-electron chi connectivity index (χ4n) is 13.7. The minimum absolute atomic E-state index is 0.00412. The zero-order valence-electron chi connectivity index (χ0n) is 73.2. The first-order valence-corrected chi connectivity index (χ1v) is 44.7. The fourth-order valence-corrected chi connectivity index (χ4v) is 14.6. The smallest absolute Gasteiger partial charge is 0.327 e. The summed E-state index contributed by atoms with van der Waals surface area (Å²) >= 11 is 9.36. The van der Waals surface area contributed by atoms with Crippen molar-refractivity contribution in [1.82, 2.24) is 98.9 Å². The Labute approximate surface area is 752 Å². The molecule has 50 heteroatoms. The quantitative estimate of drug-likeness (QED) is 0.0127. The molecule has 2 aliphatic heterocycles. The number of aliphatic carboxylic acids is 1. The van der Waals surface area contributed by atoms with Gasteiger partial charge in [-0.15, -0.1) is 0 Å². The van der Waals surface area contributed by atoms with Crippen LogP contribution in [0.2, 0.25) is 0 Å².